The second-order valence-corrected chi connectivity index (χ2v) is 3.86. The van der Waals surface area contributed by atoms with E-state index >= 15 is 0 Å². The van der Waals surface area contributed by atoms with Crippen molar-refractivity contribution >= 4 is 0 Å². The fourth-order valence-electron chi connectivity index (χ4n) is 2.61. The van der Waals surface area contributed by atoms with Crippen LogP contribution in [0.3, 0.4) is 0 Å². The molecule has 0 radical (unpaired) electrons. The number of hydrogen-bond acceptors (Lipinski definition) is 3. The molecule has 11 heavy (non-hydrogen) atoms. The largest absolute Gasteiger partial charge is 0.303 e. The van der Waals surface area contributed by atoms with Gasteiger partial charge in [0, 0.05) is 5.54 Å². The minimum Gasteiger partial charge on any atom is -0.303 e. The number of hydrogen-bond donors (Lipinski definition) is 1. The van der Waals surface area contributed by atoms with Crippen molar-refractivity contribution in [3.05, 3.63) is 0 Å². The van der Waals surface area contributed by atoms with Gasteiger partial charge in [-0.2, -0.15) is 0 Å². The van der Waals surface area contributed by atoms with Crippen LogP contribution >= 0.6 is 0 Å². The Labute approximate surface area is 67.4 Å². The normalized spacial score (nSPS) is 43.6. The molecule has 0 bridgehead atoms. The van der Waals surface area contributed by atoms with Crippen molar-refractivity contribution in [2.45, 2.75) is 24.8 Å². The highest BCUT2D eigenvalue weighted by Crippen LogP contribution is 2.49. The second-order valence-electron chi connectivity index (χ2n) is 3.86. The van der Waals surface area contributed by atoms with E-state index in [0.717, 1.165) is 5.92 Å². The number of likely N-dealkylation sites (N-methyl/N-ethyl adjacent to an activating group) is 1. The van der Waals surface area contributed by atoms with E-state index in [4.69, 9.17) is 10.7 Å². The van der Waals surface area contributed by atoms with Crippen LogP contribution < -0.4 is 5.90 Å². The maximum Gasteiger partial charge on any atom is 0.0865 e. The fourth-order valence-corrected chi connectivity index (χ4v) is 2.61. The van der Waals surface area contributed by atoms with Crippen molar-refractivity contribution in [3.63, 3.8) is 0 Å². The van der Waals surface area contributed by atoms with Gasteiger partial charge in [-0.05, 0) is 38.8 Å². The molecule has 3 heteroatoms. The van der Waals surface area contributed by atoms with Crippen LogP contribution in [0, 0.1) is 5.92 Å². The Bertz CT molecular complexity index is 154. The summed E-state index contributed by atoms with van der Waals surface area (Å²) in [6.07, 6.45) is 3.97. The molecule has 0 spiro atoms. The molecule has 0 aromatic carbocycles. The van der Waals surface area contributed by atoms with Crippen molar-refractivity contribution in [2.75, 3.05) is 20.2 Å². The minimum absolute atomic E-state index is 0.328. The lowest BCUT2D eigenvalue weighted by Gasteiger charge is -2.48. The van der Waals surface area contributed by atoms with Crippen LogP contribution in [0.15, 0.2) is 0 Å². The zero-order valence-corrected chi connectivity index (χ0v) is 7.05. The van der Waals surface area contributed by atoms with Gasteiger partial charge in [-0.3, -0.25) is 4.90 Å². The summed E-state index contributed by atoms with van der Waals surface area (Å²) in [6.45, 7) is 1.93. The van der Waals surface area contributed by atoms with Gasteiger partial charge in [0.25, 0.3) is 0 Å². The Hall–Kier alpha value is -0.120. The Morgan fingerprint density at radius 1 is 1.64 bits per heavy atom. The Morgan fingerprint density at radius 2 is 2.45 bits per heavy atom. The second kappa shape index (κ2) is 2.44. The lowest BCUT2D eigenvalue weighted by molar-refractivity contribution is -0.0483. The molecule has 2 unspecified atom stereocenters. The molecule has 2 N–H and O–H groups in total. The van der Waals surface area contributed by atoms with Gasteiger partial charge in [-0.1, -0.05) is 0 Å². The molecule has 3 nitrogen and oxygen atoms in total. The van der Waals surface area contributed by atoms with Crippen LogP contribution in [-0.2, 0) is 4.84 Å². The molecule has 0 aromatic rings. The van der Waals surface area contributed by atoms with Crippen LogP contribution in [0.1, 0.15) is 19.3 Å². The van der Waals surface area contributed by atoms with Gasteiger partial charge in [-0.15, -0.1) is 0 Å². The van der Waals surface area contributed by atoms with Gasteiger partial charge in [0.15, 0.2) is 0 Å². The molecular formula is C8H16N2O. The van der Waals surface area contributed by atoms with E-state index in [9.17, 15) is 0 Å². The maximum atomic E-state index is 5.13. The standard InChI is InChI=1S/C8H16N2O/c1-10-5-3-7-2-4-8(7,10)6-11-9/h7H,2-6,9H2,1H3. The summed E-state index contributed by atoms with van der Waals surface area (Å²) >= 11 is 0. The lowest BCUT2D eigenvalue weighted by Crippen LogP contribution is -2.56. The van der Waals surface area contributed by atoms with E-state index in [-0.39, 0.29) is 0 Å². The number of nitrogens with two attached hydrogens (primary N) is 1. The highest BCUT2D eigenvalue weighted by molar-refractivity contribution is 5.07. The first-order chi connectivity index (χ1) is 5.29. The highest BCUT2D eigenvalue weighted by atomic mass is 16.6. The summed E-state index contributed by atoms with van der Waals surface area (Å²) in [5.41, 5.74) is 0.328. The van der Waals surface area contributed by atoms with Crippen molar-refractivity contribution in [3.8, 4) is 0 Å². The van der Waals surface area contributed by atoms with Crippen molar-refractivity contribution in [2.24, 2.45) is 11.8 Å². The summed E-state index contributed by atoms with van der Waals surface area (Å²) in [7, 11) is 2.18. The van der Waals surface area contributed by atoms with Gasteiger partial charge < -0.3 is 4.84 Å². The topological polar surface area (TPSA) is 38.5 Å². The maximum absolute atomic E-state index is 5.13. The van der Waals surface area contributed by atoms with Crippen LogP contribution in [0.5, 0.6) is 0 Å². The first-order valence-electron chi connectivity index (χ1n) is 4.32. The third kappa shape index (κ3) is 0.849. The van der Waals surface area contributed by atoms with Crippen LogP contribution in [0.2, 0.25) is 0 Å². The van der Waals surface area contributed by atoms with Crippen LogP contribution in [0.25, 0.3) is 0 Å². The van der Waals surface area contributed by atoms with E-state index < -0.39 is 0 Å². The molecule has 1 heterocycles. The number of likely N-dealkylation sites (tertiary alicyclic amines) is 1. The Morgan fingerprint density at radius 3 is 2.91 bits per heavy atom. The average Bonchev–Trinajstić information content (AvgIpc) is 2.14. The zero-order chi connectivity index (χ0) is 7.90. The molecule has 2 aliphatic rings. The molecule has 1 saturated heterocycles. The summed E-state index contributed by atoms with van der Waals surface area (Å²) in [6, 6.07) is 0. The summed E-state index contributed by atoms with van der Waals surface area (Å²) in [5, 5.41) is 0. The molecular weight excluding hydrogens is 140 g/mol. The van der Waals surface area contributed by atoms with Crippen molar-refractivity contribution < 1.29 is 4.84 Å². The monoisotopic (exact) mass is 156 g/mol. The van der Waals surface area contributed by atoms with Crippen molar-refractivity contribution in [1.82, 2.24) is 4.90 Å². The van der Waals surface area contributed by atoms with Crippen LogP contribution in [0.4, 0.5) is 0 Å². The molecule has 1 aliphatic carbocycles. The van der Waals surface area contributed by atoms with E-state index in [2.05, 4.69) is 11.9 Å². The third-order valence-corrected chi connectivity index (χ3v) is 3.59. The van der Waals surface area contributed by atoms with Crippen molar-refractivity contribution in [1.29, 1.82) is 0 Å². The highest BCUT2D eigenvalue weighted by Gasteiger charge is 2.53. The van der Waals surface area contributed by atoms with E-state index in [1.807, 2.05) is 0 Å². The molecule has 1 aliphatic heterocycles. The number of fused-ring (bicyclic) bond motifs is 1. The molecule has 2 atom stereocenters. The van der Waals surface area contributed by atoms with Gasteiger partial charge in [0.05, 0.1) is 6.61 Å². The molecule has 2 rings (SSSR count). The van der Waals surface area contributed by atoms with Gasteiger partial charge >= 0.3 is 0 Å². The molecule has 0 amide bonds. The number of rotatable bonds is 2. The van der Waals surface area contributed by atoms with Gasteiger partial charge in [0.1, 0.15) is 0 Å². The van der Waals surface area contributed by atoms with E-state index in [1.54, 1.807) is 0 Å². The molecule has 64 valence electrons. The predicted molar refractivity (Wildman–Crippen MR) is 42.8 cm³/mol. The number of nitrogens with zero attached hydrogens (tertiary/aromatic N) is 1. The van der Waals surface area contributed by atoms with E-state index in [1.165, 1.54) is 25.8 Å². The lowest BCUT2D eigenvalue weighted by atomic mass is 9.68. The predicted octanol–water partition coefficient (Wildman–Crippen LogP) is 0.361. The smallest absolute Gasteiger partial charge is 0.0865 e. The Kier molecular flexibility index (Phi) is 1.67. The van der Waals surface area contributed by atoms with Crippen LogP contribution in [-0.4, -0.2) is 30.6 Å². The van der Waals surface area contributed by atoms with Gasteiger partial charge in [-0.25, -0.2) is 5.90 Å². The molecule has 1 saturated carbocycles. The first kappa shape index (κ1) is 7.53. The summed E-state index contributed by atoms with van der Waals surface area (Å²) in [4.78, 5) is 7.19. The average molecular weight is 156 g/mol. The summed E-state index contributed by atoms with van der Waals surface area (Å²) in [5.74, 6) is 5.98. The quantitative estimate of drug-likeness (QED) is 0.587. The summed E-state index contributed by atoms with van der Waals surface area (Å²) < 4.78 is 0. The molecule has 2 fully saturated rings. The Balaban J connectivity index is 2.08. The molecule has 0 aromatic heterocycles. The first-order valence-corrected chi connectivity index (χ1v) is 4.32. The third-order valence-electron chi connectivity index (χ3n) is 3.59. The van der Waals surface area contributed by atoms with Gasteiger partial charge in [0.2, 0.25) is 0 Å². The SMILES string of the molecule is CN1CCC2CCC21CON. The fraction of sp³-hybridized carbons (Fsp3) is 1.00. The minimum atomic E-state index is 0.328. The zero-order valence-electron chi connectivity index (χ0n) is 7.05. The van der Waals surface area contributed by atoms with E-state index in [0.29, 0.717) is 12.1 Å².